The summed E-state index contributed by atoms with van der Waals surface area (Å²) in [4.78, 5) is 7.22. The van der Waals surface area contributed by atoms with Crippen molar-refractivity contribution < 1.29 is 4.42 Å². The lowest BCUT2D eigenvalue weighted by atomic mass is 9.98. The summed E-state index contributed by atoms with van der Waals surface area (Å²) in [7, 11) is 0. The van der Waals surface area contributed by atoms with E-state index in [1.165, 1.54) is 21.9 Å². The lowest BCUT2D eigenvalue weighted by molar-refractivity contribution is 0.620. The molecule has 48 heavy (non-hydrogen) atoms. The fourth-order valence-corrected chi connectivity index (χ4v) is 6.69. The Morgan fingerprint density at radius 3 is 1.75 bits per heavy atom. The molecule has 8 aromatic carbocycles. The summed E-state index contributed by atoms with van der Waals surface area (Å²) in [5.74, 6) is 0.638. The Hall–Kier alpha value is -6.45. The van der Waals surface area contributed by atoms with Gasteiger partial charge in [0.15, 0.2) is 5.58 Å². The summed E-state index contributed by atoms with van der Waals surface area (Å²) < 4.78 is 6.17. The Morgan fingerprint density at radius 1 is 0.396 bits per heavy atom. The third-order valence-electron chi connectivity index (χ3n) is 9.10. The highest BCUT2D eigenvalue weighted by molar-refractivity contribution is 6.05. The van der Waals surface area contributed by atoms with Gasteiger partial charge in [-0.3, -0.25) is 0 Å². The zero-order chi connectivity index (χ0) is 31.9. The Morgan fingerprint density at radius 2 is 0.979 bits per heavy atom. The first-order valence-corrected chi connectivity index (χ1v) is 16.2. The van der Waals surface area contributed by atoms with Crippen LogP contribution >= 0.6 is 0 Å². The van der Waals surface area contributed by atoms with Gasteiger partial charge in [-0.1, -0.05) is 121 Å². The van der Waals surface area contributed by atoms with E-state index in [1.807, 2.05) is 36.4 Å². The van der Waals surface area contributed by atoms with Gasteiger partial charge in [0.25, 0.3) is 0 Å². The lowest BCUT2D eigenvalue weighted by Gasteiger charge is -2.26. The summed E-state index contributed by atoms with van der Waals surface area (Å²) >= 11 is 0. The van der Waals surface area contributed by atoms with Crippen LogP contribution in [0.4, 0.5) is 17.1 Å². The van der Waals surface area contributed by atoms with Gasteiger partial charge in [0.05, 0.1) is 0 Å². The molecule has 0 fully saturated rings. The van der Waals surface area contributed by atoms with Gasteiger partial charge in [-0.15, -0.1) is 0 Å². The average molecular weight is 615 g/mol. The minimum absolute atomic E-state index is 0.638. The smallest absolute Gasteiger partial charge is 0.227 e. The molecular weight excluding hydrogens is 585 g/mol. The Balaban J connectivity index is 1.07. The molecule has 3 heteroatoms. The third-order valence-corrected chi connectivity index (χ3v) is 9.10. The number of fused-ring (bicyclic) bond motifs is 4. The number of benzene rings is 8. The highest BCUT2D eigenvalue weighted by Crippen LogP contribution is 2.38. The van der Waals surface area contributed by atoms with E-state index in [2.05, 4.69) is 150 Å². The van der Waals surface area contributed by atoms with E-state index >= 15 is 0 Å². The van der Waals surface area contributed by atoms with Gasteiger partial charge in [0, 0.05) is 28.0 Å². The van der Waals surface area contributed by atoms with Gasteiger partial charge in [0.1, 0.15) is 5.52 Å². The van der Waals surface area contributed by atoms with Crippen molar-refractivity contribution in [2.75, 3.05) is 4.90 Å². The van der Waals surface area contributed by atoms with Crippen molar-refractivity contribution in [2.45, 2.75) is 0 Å². The second-order valence-electron chi connectivity index (χ2n) is 12.0. The molecule has 0 aliphatic rings. The van der Waals surface area contributed by atoms with E-state index in [0.29, 0.717) is 5.89 Å². The minimum Gasteiger partial charge on any atom is -0.436 e. The maximum atomic E-state index is 6.17. The van der Waals surface area contributed by atoms with Crippen molar-refractivity contribution in [3.8, 4) is 33.7 Å². The molecule has 1 heterocycles. The predicted octanol–water partition coefficient (Wildman–Crippen LogP) is 12.6. The number of para-hydroxylation sites is 1. The molecule has 0 saturated heterocycles. The number of rotatable bonds is 6. The van der Waals surface area contributed by atoms with Crippen LogP contribution < -0.4 is 4.90 Å². The first kappa shape index (κ1) is 27.8. The Bertz CT molecular complexity index is 2530. The lowest BCUT2D eigenvalue weighted by Crippen LogP contribution is -2.09. The molecule has 226 valence electrons. The molecule has 0 atom stereocenters. The first-order valence-electron chi connectivity index (χ1n) is 16.2. The van der Waals surface area contributed by atoms with Crippen molar-refractivity contribution in [2.24, 2.45) is 0 Å². The van der Waals surface area contributed by atoms with Crippen LogP contribution in [-0.4, -0.2) is 4.98 Å². The summed E-state index contributed by atoms with van der Waals surface area (Å²) in [5.41, 5.74) is 10.7. The highest BCUT2D eigenvalue weighted by Gasteiger charge is 2.15. The molecule has 0 aliphatic carbocycles. The minimum atomic E-state index is 0.638. The van der Waals surface area contributed by atoms with Gasteiger partial charge in [-0.25, -0.2) is 4.98 Å². The zero-order valence-corrected chi connectivity index (χ0v) is 26.1. The van der Waals surface area contributed by atoms with Crippen LogP contribution in [-0.2, 0) is 0 Å². The summed E-state index contributed by atoms with van der Waals surface area (Å²) in [6, 6.07) is 64.1. The predicted molar refractivity (Wildman–Crippen MR) is 200 cm³/mol. The van der Waals surface area contributed by atoms with Crippen molar-refractivity contribution in [3.05, 3.63) is 182 Å². The zero-order valence-electron chi connectivity index (χ0n) is 26.1. The van der Waals surface area contributed by atoms with Crippen LogP contribution in [0.2, 0.25) is 0 Å². The molecule has 0 bridgehead atoms. The van der Waals surface area contributed by atoms with E-state index in [4.69, 9.17) is 9.40 Å². The standard InChI is InChI=1S/C45H30N2O/c1-3-11-35(12-4-1)45-46-44-42-30-36(19-18-34(42)24-29-43(44)48-45)31-20-25-38(26-21-31)47(37-14-5-2-6-15-37)39-27-22-33(23-28-39)41-17-9-13-32-10-7-8-16-40(32)41/h1-30H. The number of nitrogens with zero attached hydrogens (tertiary/aromatic N) is 2. The fraction of sp³-hybridized carbons (Fsp3) is 0. The summed E-state index contributed by atoms with van der Waals surface area (Å²) in [5, 5.41) is 4.73. The first-order chi connectivity index (χ1) is 23.8. The van der Waals surface area contributed by atoms with E-state index in [1.54, 1.807) is 0 Å². The quantitative estimate of drug-likeness (QED) is 0.187. The van der Waals surface area contributed by atoms with Gasteiger partial charge in [-0.2, -0.15) is 0 Å². The Kier molecular flexibility index (Phi) is 6.80. The average Bonchev–Trinajstić information content (AvgIpc) is 3.61. The Labute approximate surface area is 279 Å². The van der Waals surface area contributed by atoms with Crippen molar-refractivity contribution in [1.29, 1.82) is 0 Å². The van der Waals surface area contributed by atoms with Gasteiger partial charge >= 0.3 is 0 Å². The fourth-order valence-electron chi connectivity index (χ4n) is 6.69. The molecule has 9 aromatic rings. The molecule has 0 saturated carbocycles. The monoisotopic (exact) mass is 614 g/mol. The number of oxazole rings is 1. The topological polar surface area (TPSA) is 29.3 Å². The number of hydrogen-bond acceptors (Lipinski definition) is 3. The van der Waals surface area contributed by atoms with Gasteiger partial charge in [0.2, 0.25) is 5.89 Å². The molecule has 0 aliphatic heterocycles. The molecule has 1 aromatic heterocycles. The van der Waals surface area contributed by atoms with Crippen molar-refractivity contribution in [1.82, 2.24) is 4.98 Å². The van der Waals surface area contributed by atoms with Crippen LogP contribution in [0.3, 0.4) is 0 Å². The number of hydrogen-bond donors (Lipinski definition) is 0. The summed E-state index contributed by atoms with van der Waals surface area (Å²) in [6.07, 6.45) is 0. The van der Waals surface area contributed by atoms with E-state index in [0.717, 1.165) is 55.6 Å². The largest absolute Gasteiger partial charge is 0.436 e. The van der Waals surface area contributed by atoms with Crippen molar-refractivity contribution >= 4 is 49.7 Å². The molecule has 9 rings (SSSR count). The molecular formula is C45H30N2O. The number of aromatic nitrogens is 1. The SMILES string of the molecule is c1ccc(-c2nc3c(ccc4ccc(-c5ccc(N(c6ccccc6)c6ccc(-c7cccc8ccccc78)cc6)cc5)cc43)o2)cc1. The maximum absolute atomic E-state index is 6.17. The second-order valence-corrected chi connectivity index (χ2v) is 12.0. The molecule has 3 nitrogen and oxygen atoms in total. The van der Waals surface area contributed by atoms with Crippen LogP contribution in [0.5, 0.6) is 0 Å². The van der Waals surface area contributed by atoms with Crippen LogP contribution in [0.1, 0.15) is 0 Å². The normalized spacial score (nSPS) is 11.3. The molecule has 0 spiro atoms. The third kappa shape index (κ3) is 4.99. The van der Waals surface area contributed by atoms with E-state index in [-0.39, 0.29) is 0 Å². The van der Waals surface area contributed by atoms with Crippen LogP contribution in [0.15, 0.2) is 186 Å². The molecule has 0 amide bonds. The highest BCUT2D eigenvalue weighted by atomic mass is 16.3. The maximum Gasteiger partial charge on any atom is 0.227 e. The van der Waals surface area contributed by atoms with E-state index < -0.39 is 0 Å². The molecule has 0 N–H and O–H groups in total. The van der Waals surface area contributed by atoms with Gasteiger partial charge in [-0.05, 0) is 99.1 Å². The van der Waals surface area contributed by atoms with Gasteiger partial charge < -0.3 is 9.32 Å². The molecule has 0 radical (unpaired) electrons. The number of anilines is 3. The van der Waals surface area contributed by atoms with Crippen LogP contribution in [0.25, 0.3) is 66.4 Å². The van der Waals surface area contributed by atoms with Crippen molar-refractivity contribution in [3.63, 3.8) is 0 Å². The van der Waals surface area contributed by atoms with E-state index in [9.17, 15) is 0 Å². The van der Waals surface area contributed by atoms with Crippen LogP contribution in [0, 0.1) is 0 Å². The molecule has 0 unspecified atom stereocenters. The summed E-state index contributed by atoms with van der Waals surface area (Å²) in [6.45, 7) is 0. The second kappa shape index (κ2) is 11.7.